The fourth-order valence-corrected chi connectivity index (χ4v) is 2.72. The summed E-state index contributed by atoms with van der Waals surface area (Å²) in [7, 11) is 1.28. The Kier molecular flexibility index (Phi) is 7.16. The molecule has 0 aliphatic carbocycles. The quantitative estimate of drug-likeness (QED) is 0.759. The highest BCUT2D eigenvalue weighted by molar-refractivity contribution is 7.09. The molecule has 0 radical (unpaired) electrons. The second-order valence-corrected chi connectivity index (χ2v) is 7.70. The SMILES string of the molecule is COC(=O)c1csc([C@H](O)C[C@@H](NC(=O)OC(C)(C)C)C(C)C)n1. The molecule has 0 bridgehead atoms. The third-order valence-corrected chi connectivity index (χ3v) is 4.13. The Balaban J connectivity index is 2.72. The number of ether oxygens (including phenoxy) is 2. The number of aromatic nitrogens is 1. The number of nitrogens with zero attached hydrogens (tertiary/aromatic N) is 1. The molecule has 0 aliphatic rings. The van der Waals surface area contributed by atoms with Crippen LogP contribution in [0.5, 0.6) is 0 Å². The van der Waals surface area contributed by atoms with Crippen molar-refractivity contribution < 1.29 is 24.2 Å². The summed E-state index contributed by atoms with van der Waals surface area (Å²) in [5, 5.41) is 15.1. The van der Waals surface area contributed by atoms with Crippen LogP contribution < -0.4 is 5.32 Å². The molecule has 0 aliphatic heterocycles. The molecule has 136 valence electrons. The lowest BCUT2D eigenvalue weighted by Crippen LogP contribution is -2.42. The van der Waals surface area contributed by atoms with E-state index in [0.29, 0.717) is 5.01 Å². The smallest absolute Gasteiger partial charge is 0.407 e. The first kappa shape index (κ1) is 20.4. The minimum absolute atomic E-state index is 0.0900. The predicted octanol–water partition coefficient (Wildman–Crippen LogP) is 2.90. The monoisotopic (exact) mass is 358 g/mol. The number of methoxy groups -OCH3 is 1. The fraction of sp³-hybridized carbons (Fsp3) is 0.688. The molecule has 1 rings (SSSR count). The van der Waals surface area contributed by atoms with E-state index in [1.165, 1.54) is 23.8 Å². The van der Waals surface area contributed by atoms with E-state index in [1.807, 2.05) is 13.8 Å². The molecule has 0 saturated carbocycles. The summed E-state index contributed by atoms with van der Waals surface area (Å²) < 4.78 is 9.85. The summed E-state index contributed by atoms with van der Waals surface area (Å²) in [6.07, 6.45) is -1.15. The van der Waals surface area contributed by atoms with Crippen LogP contribution in [0, 0.1) is 5.92 Å². The number of alkyl carbamates (subject to hydrolysis) is 1. The summed E-state index contributed by atoms with van der Waals surface area (Å²) in [5.74, 6) is -0.454. The molecule has 2 atom stereocenters. The van der Waals surface area contributed by atoms with Gasteiger partial charge in [-0.1, -0.05) is 13.8 Å². The van der Waals surface area contributed by atoms with Crippen LogP contribution in [0.25, 0.3) is 0 Å². The molecule has 0 fully saturated rings. The average Bonchev–Trinajstić information content (AvgIpc) is 2.93. The second-order valence-electron chi connectivity index (χ2n) is 6.81. The van der Waals surface area contributed by atoms with Gasteiger partial charge in [-0.05, 0) is 26.7 Å². The van der Waals surface area contributed by atoms with Gasteiger partial charge in [0.15, 0.2) is 5.69 Å². The third kappa shape index (κ3) is 6.45. The molecule has 2 N–H and O–H groups in total. The lowest BCUT2D eigenvalue weighted by molar-refractivity contribution is 0.0461. The molecule has 7 nitrogen and oxygen atoms in total. The zero-order valence-electron chi connectivity index (χ0n) is 15.0. The molecule has 0 saturated heterocycles. The van der Waals surface area contributed by atoms with Crippen molar-refractivity contribution in [3.63, 3.8) is 0 Å². The molecule has 1 heterocycles. The van der Waals surface area contributed by atoms with Gasteiger partial charge in [0.1, 0.15) is 16.7 Å². The lowest BCUT2D eigenvalue weighted by Gasteiger charge is -2.26. The molecule has 1 aromatic rings. The maximum absolute atomic E-state index is 11.9. The summed E-state index contributed by atoms with van der Waals surface area (Å²) in [5.41, 5.74) is -0.424. The highest BCUT2D eigenvalue weighted by Gasteiger charge is 2.26. The van der Waals surface area contributed by atoms with Gasteiger partial charge in [-0.25, -0.2) is 14.6 Å². The number of rotatable bonds is 6. The molecular weight excluding hydrogens is 332 g/mol. The molecular formula is C16H26N2O5S. The Morgan fingerprint density at radius 3 is 2.50 bits per heavy atom. The van der Waals surface area contributed by atoms with Crippen molar-refractivity contribution in [2.24, 2.45) is 5.92 Å². The number of carbonyl (C=O) groups excluding carboxylic acids is 2. The number of aliphatic hydroxyl groups excluding tert-OH is 1. The van der Waals surface area contributed by atoms with Crippen molar-refractivity contribution in [1.29, 1.82) is 0 Å². The van der Waals surface area contributed by atoms with E-state index in [2.05, 4.69) is 15.0 Å². The first-order chi connectivity index (χ1) is 11.0. The van der Waals surface area contributed by atoms with Gasteiger partial charge in [0, 0.05) is 17.8 Å². The number of esters is 1. The van der Waals surface area contributed by atoms with Crippen LogP contribution in [0.15, 0.2) is 5.38 Å². The van der Waals surface area contributed by atoms with Crippen molar-refractivity contribution in [1.82, 2.24) is 10.3 Å². The van der Waals surface area contributed by atoms with Crippen LogP contribution in [0.4, 0.5) is 4.79 Å². The average molecular weight is 358 g/mol. The van der Waals surface area contributed by atoms with E-state index in [0.717, 1.165) is 0 Å². The molecule has 24 heavy (non-hydrogen) atoms. The van der Waals surface area contributed by atoms with Crippen LogP contribution in [0.2, 0.25) is 0 Å². The molecule has 8 heteroatoms. The maximum Gasteiger partial charge on any atom is 0.407 e. The fourth-order valence-electron chi connectivity index (χ4n) is 1.94. The van der Waals surface area contributed by atoms with E-state index >= 15 is 0 Å². The Hall–Kier alpha value is -1.67. The highest BCUT2D eigenvalue weighted by atomic mass is 32.1. The number of aliphatic hydroxyl groups is 1. The number of carbonyl (C=O) groups is 2. The van der Waals surface area contributed by atoms with Crippen molar-refractivity contribution >= 4 is 23.4 Å². The zero-order valence-corrected chi connectivity index (χ0v) is 15.8. The first-order valence-corrected chi connectivity index (χ1v) is 8.62. The molecule has 0 unspecified atom stereocenters. The van der Waals surface area contributed by atoms with E-state index < -0.39 is 23.8 Å². The van der Waals surface area contributed by atoms with Crippen LogP contribution in [-0.4, -0.2) is 40.9 Å². The Morgan fingerprint density at radius 1 is 1.38 bits per heavy atom. The van der Waals surface area contributed by atoms with Gasteiger partial charge in [-0.2, -0.15) is 0 Å². The summed E-state index contributed by atoms with van der Waals surface area (Å²) in [6, 6.07) is -0.291. The third-order valence-electron chi connectivity index (χ3n) is 3.19. The largest absolute Gasteiger partial charge is 0.464 e. The molecule has 1 amide bonds. The van der Waals surface area contributed by atoms with Gasteiger partial charge in [-0.15, -0.1) is 11.3 Å². The van der Waals surface area contributed by atoms with Gasteiger partial charge in [0.25, 0.3) is 0 Å². The summed E-state index contributed by atoms with van der Waals surface area (Å²) in [4.78, 5) is 27.4. The topological polar surface area (TPSA) is 97.8 Å². The van der Waals surface area contributed by atoms with E-state index in [4.69, 9.17) is 4.74 Å². The van der Waals surface area contributed by atoms with Gasteiger partial charge < -0.3 is 19.9 Å². The second kappa shape index (κ2) is 8.43. The number of amides is 1. The lowest BCUT2D eigenvalue weighted by atomic mass is 9.98. The number of thiazole rings is 1. The van der Waals surface area contributed by atoms with Crippen LogP contribution in [0.1, 0.15) is 62.6 Å². The van der Waals surface area contributed by atoms with E-state index in [1.54, 1.807) is 20.8 Å². The molecule has 1 aromatic heterocycles. The van der Waals surface area contributed by atoms with Gasteiger partial charge >= 0.3 is 12.1 Å². The van der Waals surface area contributed by atoms with Crippen molar-refractivity contribution in [3.05, 3.63) is 16.1 Å². The van der Waals surface area contributed by atoms with E-state index in [-0.39, 0.29) is 24.1 Å². The van der Waals surface area contributed by atoms with Gasteiger partial charge in [0.05, 0.1) is 7.11 Å². The van der Waals surface area contributed by atoms with Gasteiger partial charge in [0.2, 0.25) is 0 Å². The standard InChI is InChI=1S/C16H26N2O5S/c1-9(2)10(18-15(21)23-16(3,4)5)7-12(19)13-17-11(8-24-13)14(20)22-6/h8-10,12,19H,7H2,1-6H3,(H,18,21)/t10-,12-/m1/s1. The van der Waals surface area contributed by atoms with Crippen molar-refractivity contribution in [2.75, 3.05) is 7.11 Å². The van der Waals surface area contributed by atoms with Crippen LogP contribution in [0.3, 0.4) is 0 Å². The molecule has 0 spiro atoms. The first-order valence-electron chi connectivity index (χ1n) is 7.74. The number of hydrogen-bond donors (Lipinski definition) is 2. The minimum atomic E-state index is -0.893. The highest BCUT2D eigenvalue weighted by Crippen LogP contribution is 2.25. The summed E-state index contributed by atoms with van der Waals surface area (Å²) >= 11 is 1.18. The van der Waals surface area contributed by atoms with Crippen molar-refractivity contribution in [2.45, 2.75) is 58.8 Å². The maximum atomic E-state index is 11.9. The number of nitrogens with one attached hydrogen (secondary N) is 1. The van der Waals surface area contributed by atoms with Gasteiger partial charge in [-0.3, -0.25) is 0 Å². The van der Waals surface area contributed by atoms with Crippen molar-refractivity contribution in [3.8, 4) is 0 Å². The zero-order chi connectivity index (χ0) is 18.5. The normalized spacial score (nSPS) is 14.2. The Bertz CT molecular complexity index is 565. The Labute approximate surface area is 146 Å². The molecule has 0 aromatic carbocycles. The Morgan fingerprint density at radius 2 is 2.00 bits per heavy atom. The minimum Gasteiger partial charge on any atom is -0.464 e. The predicted molar refractivity (Wildman–Crippen MR) is 91.0 cm³/mol. The van der Waals surface area contributed by atoms with Crippen LogP contribution in [-0.2, 0) is 9.47 Å². The number of hydrogen-bond acceptors (Lipinski definition) is 7. The van der Waals surface area contributed by atoms with E-state index in [9.17, 15) is 14.7 Å². The summed E-state index contributed by atoms with van der Waals surface area (Å²) in [6.45, 7) is 9.24. The van der Waals surface area contributed by atoms with Crippen LogP contribution >= 0.6 is 11.3 Å².